The van der Waals surface area contributed by atoms with E-state index >= 15 is 0 Å². The maximum absolute atomic E-state index is 12.1. The molecule has 0 spiro atoms. The Hall–Kier alpha value is -3.20. The fourth-order valence-corrected chi connectivity index (χ4v) is 3.45. The van der Waals surface area contributed by atoms with Crippen molar-refractivity contribution in [2.24, 2.45) is 0 Å². The first kappa shape index (κ1) is 21.1. The van der Waals surface area contributed by atoms with E-state index in [2.05, 4.69) is 16.0 Å². The number of rotatable bonds is 7. The normalized spacial score (nSPS) is 10.8. The summed E-state index contributed by atoms with van der Waals surface area (Å²) in [5.41, 5.74) is 2.33. The number of sulfone groups is 1. The Bertz CT molecular complexity index is 985. The second-order valence-electron chi connectivity index (χ2n) is 6.26. The molecule has 0 saturated carbocycles. The van der Waals surface area contributed by atoms with E-state index in [9.17, 15) is 22.8 Å². The SMILES string of the molecule is CC(=O)Nc1ccc(NC(=O)CS(=O)(=O)CC(=O)Nc2cccc(C)c2)cc1. The monoisotopic (exact) mass is 403 g/mol. The predicted octanol–water partition coefficient (Wildman–Crippen LogP) is 1.95. The summed E-state index contributed by atoms with van der Waals surface area (Å²) in [5, 5.41) is 7.52. The fourth-order valence-electron chi connectivity index (χ4n) is 2.41. The highest BCUT2D eigenvalue weighted by Crippen LogP contribution is 2.14. The van der Waals surface area contributed by atoms with Crippen LogP contribution in [0.4, 0.5) is 17.1 Å². The van der Waals surface area contributed by atoms with E-state index in [0.717, 1.165) is 5.56 Å². The van der Waals surface area contributed by atoms with E-state index in [4.69, 9.17) is 0 Å². The fraction of sp³-hybridized carbons (Fsp3) is 0.211. The van der Waals surface area contributed by atoms with Crippen LogP contribution in [0, 0.1) is 6.92 Å². The standard InChI is InChI=1S/C19H21N3O5S/c1-13-4-3-5-17(10-13)22-19(25)12-28(26,27)11-18(24)21-16-8-6-15(7-9-16)20-14(2)23/h3-10H,11-12H2,1-2H3,(H,20,23)(H,21,24)(H,22,25). The first-order valence-electron chi connectivity index (χ1n) is 8.37. The molecule has 0 fully saturated rings. The van der Waals surface area contributed by atoms with Crippen LogP contribution in [0.15, 0.2) is 48.5 Å². The first-order chi connectivity index (χ1) is 13.1. The highest BCUT2D eigenvalue weighted by atomic mass is 32.2. The van der Waals surface area contributed by atoms with Gasteiger partial charge in [-0.3, -0.25) is 14.4 Å². The lowest BCUT2D eigenvalue weighted by Crippen LogP contribution is -2.30. The first-order valence-corrected chi connectivity index (χ1v) is 10.2. The number of carbonyl (C=O) groups excluding carboxylic acids is 3. The molecule has 3 N–H and O–H groups in total. The average Bonchev–Trinajstić information content (AvgIpc) is 2.54. The van der Waals surface area contributed by atoms with E-state index in [-0.39, 0.29) is 5.91 Å². The minimum atomic E-state index is -3.94. The Morgan fingerprint density at radius 1 is 0.786 bits per heavy atom. The number of carbonyl (C=O) groups is 3. The van der Waals surface area contributed by atoms with Crippen LogP contribution < -0.4 is 16.0 Å². The van der Waals surface area contributed by atoms with E-state index in [1.807, 2.05) is 13.0 Å². The lowest BCUT2D eigenvalue weighted by Gasteiger charge is -2.09. The van der Waals surface area contributed by atoms with E-state index < -0.39 is 33.2 Å². The Morgan fingerprint density at radius 3 is 1.79 bits per heavy atom. The average molecular weight is 403 g/mol. The number of hydrogen-bond donors (Lipinski definition) is 3. The number of aryl methyl sites for hydroxylation is 1. The van der Waals surface area contributed by atoms with Gasteiger partial charge in [0.2, 0.25) is 17.7 Å². The van der Waals surface area contributed by atoms with Gasteiger partial charge in [-0.25, -0.2) is 8.42 Å². The zero-order valence-corrected chi connectivity index (χ0v) is 16.3. The lowest BCUT2D eigenvalue weighted by molar-refractivity contribution is -0.115. The van der Waals surface area contributed by atoms with Gasteiger partial charge in [0.25, 0.3) is 0 Å². The molecule has 0 saturated heterocycles. The van der Waals surface area contributed by atoms with Crippen molar-refractivity contribution in [2.45, 2.75) is 13.8 Å². The van der Waals surface area contributed by atoms with Gasteiger partial charge in [-0.2, -0.15) is 0 Å². The molecular weight excluding hydrogens is 382 g/mol. The molecule has 2 rings (SSSR count). The molecule has 0 aromatic heterocycles. The summed E-state index contributed by atoms with van der Waals surface area (Å²) in [4.78, 5) is 34.9. The van der Waals surface area contributed by atoms with Crippen molar-refractivity contribution >= 4 is 44.6 Å². The molecule has 3 amide bonds. The van der Waals surface area contributed by atoms with Gasteiger partial charge in [0.05, 0.1) is 0 Å². The van der Waals surface area contributed by atoms with Crippen molar-refractivity contribution in [3.8, 4) is 0 Å². The van der Waals surface area contributed by atoms with Gasteiger partial charge in [-0.1, -0.05) is 12.1 Å². The van der Waals surface area contributed by atoms with Crippen LogP contribution in [0.2, 0.25) is 0 Å². The van der Waals surface area contributed by atoms with Gasteiger partial charge in [-0.05, 0) is 48.9 Å². The third-order valence-electron chi connectivity index (χ3n) is 3.49. The minimum absolute atomic E-state index is 0.230. The number of anilines is 3. The maximum atomic E-state index is 12.1. The van der Waals surface area contributed by atoms with Crippen LogP contribution >= 0.6 is 0 Å². The molecular formula is C19H21N3O5S. The molecule has 0 heterocycles. The molecule has 8 nitrogen and oxygen atoms in total. The van der Waals surface area contributed by atoms with Crippen molar-refractivity contribution in [2.75, 3.05) is 27.5 Å². The van der Waals surface area contributed by atoms with Crippen LogP contribution in [0.1, 0.15) is 12.5 Å². The topological polar surface area (TPSA) is 121 Å². The van der Waals surface area contributed by atoms with Crippen molar-refractivity contribution < 1.29 is 22.8 Å². The van der Waals surface area contributed by atoms with Gasteiger partial charge >= 0.3 is 0 Å². The number of amides is 3. The smallest absolute Gasteiger partial charge is 0.239 e. The Balaban J connectivity index is 1.89. The van der Waals surface area contributed by atoms with Crippen LogP contribution in [0.25, 0.3) is 0 Å². The lowest BCUT2D eigenvalue weighted by atomic mass is 10.2. The van der Waals surface area contributed by atoms with Gasteiger partial charge < -0.3 is 16.0 Å². The molecule has 28 heavy (non-hydrogen) atoms. The molecule has 2 aromatic rings. The second-order valence-corrected chi connectivity index (χ2v) is 8.32. The largest absolute Gasteiger partial charge is 0.326 e. The molecule has 148 valence electrons. The quantitative estimate of drug-likeness (QED) is 0.652. The second kappa shape index (κ2) is 9.14. The Kier molecular flexibility index (Phi) is 6.89. The summed E-state index contributed by atoms with van der Waals surface area (Å²) < 4.78 is 24.2. The van der Waals surface area contributed by atoms with Crippen molar-refractivity contribution in [1.82, 2.24) is 0 Å². The third-order valence-corrected chi connectivity index (χ3v) is 4.90. The van der Waals surface area contributed by atoms with Crippen molar-refractivity contribution in [3.05, 3.63) is 54.1 Å². The summed E-state index contributed by atoms with van der Waals surface area (Å²) in [6.45, 7) is 3.22. The minimum Gasteiger partial charge on any atom is -0.326 e. The van der Waals surface area contributed by atoms with Crippen molar-refractivity contribution in [3.63, 3.8) is 0 Å². The summed E-state index contributed by atoms with van der Waals surface area (Å²) in [5.74, 6) is -3.31. The Morgan fingerprint density at radius 2 is 1.29 bits per heavy atom. The number of hydrogen-bond acceptors (Lipinski definition) is 5. The molecule has 0 atom stereocenters. The van der Waals surface area contributed by atoms with Gasteiger partial charge in [-0.15, -0.1) is 0 Å². The van der Waals surface area contributed by atoms with Crippen LogP contribution in [0.3, 0.4) is 0 Å². The predicted molar refractivity (Wildman–Crippen MR) is 108 cm³/mol. The molecule has 9 heteroatoms. The molecule has 0 radical (unpaired) electrons. The molecule has 2 aromatic carbocycles. The third kappa shape index (κ3) is 7.20. The number of benzene rings is 2. The highest BCUT2D eigenvalue weighted by Gasteiger charge is 2.21. The van der Waals surface area contributed by atoms with E-state index in [1.165, 1.54) is 19.1 Å². The molecule has 0 unspecified atom stereocenters. The maximum Gasteiger partial charge on any atom is 0.239 e. The Labute approximate surface area is 163 Å². The molecule has 0 bridgehead atoms. The van der Waals surface area contributed by atoms with Crippen LogP contribution in [-0.4, -0.2) is 37.6 Å². The summed E-state index contributed by atoms with van der Waals surface area (Å²) in [6.07, 6.45) is 0. The number of nitrogens with one attached hydrogen (secondary N) is 3. The van der Waals surface area contributed by atoms with Gasteiger partial charge in [0, 0.05) is 24.0 Å². The zero-order chi connectivity index (χ0) is 20.7. The van der Waals surface area contributed by atoms with Gasteiger partial charge in [0.15, 0.2) is 9.84 Å². The molecule has 0 aliphatic rings. The highest BCUT2D eigenvalue weighted by molar-refractivity contribution is 7.92. The van der Waals surface area contributed by atoms with Crippen molar-refractivity contribution in [1.29, 1.82) is 0 Å². The summed E-state index contributed by atoms with van der Waals surface area (Å²) >= 11 is 0. The summed E-state index contributed by atoms with van der Waals surface area (Å²) in [6, 6.07) is 13.1. The van der Waals surface area contributed by atoms with Gasteiger partial charge in [0.1, 0.15) is 11.5 Å². The molecule has 0 aliphatic heterocycles. The zero-order valence-electron chi connectivity index (χ0n) is 15.5. The van der Waals surface area contributed by atoms with E-state index in [1.54, 1.807) is 30.3 Å². The van der Waals surface area contributed by atoms with Crippen LogP contribution in [0.5, 0.6) is 0 Å². The van der Waals surface area contributed by atoms with E-state index in [0.29, 0.717) is 17.1 Å². The summed E-state index contributed by atoms with van der Waals surface area (Å²) in [7, 11) is -3.94. The molecule has 0 aliphatic carbocycles. The van der Waals surface area contributed by atoms with Crippen LogP contribution in [-0.2, 0) is 24.2 Å².